The van der Waals surface area contributed by atoms with Gasteiger partial charge in [-0.1, -0.05) is 37.3 Å². The molecule has 0 unspecified atom stereocenters. The molecule has 3 rings (SSSR count). The number of carbonyl (C=O) groups is 1. The molecule has 1 amide bonds. The Morgan fingerprint density at radius 2 is 1.86 bits per heavy atom. The van der Waals surface area contributed by atoms with Crippen LogP contribution < -0.4 is 10.0 Å². The molecule has 2 aromatic rings. The number of sulfonamides is 1. The maximum atomic E-state index is 12.6. The highest BCUT2D eigenvalue weighted by molar-refractivity contribution is 7.89. The Kier molecular flexibility index (Phi) is 6.83. The predicted molar refractivity (Wildman–Crippen MR) is 109 cm³/mol. The molecular formula is C21H26N2O4S. The van der Waals surface area contributed by atoms with Gasteiger partial charge in [-0.25, -0.2) is 13.1 Å². The van der Waals surface area contributed by atoms with Crippen molar-refractivity contribution in [2.75, 3.05) is 18.5 Å². The summed E-state index contributed by atoms with van der Waals surface area (Å²) in [7, 11) is -3.60. The minimum Gasteiger partial charge on any atom is -0.377 e. The van der Waals surface area contributed by atoms with Crippen molar-refractivity contribution in [3.05, 3.63) is 60.2 Å². The first-order chi connectivity index (χ1) is 13.5. The van der Waals surface area contributed by atoms with Gasteiger partial charge in [-0.05, 0) is 49.1 Å². The summed E-state index contributed by atoms with van der Waals surface area (Å²) in [5.74, 6) is -0.362. The van der Waals surface area contributed by atoms with E-state index in [-0.39, 0.29) is 29.4 Å². The third-order valence-electron chi connectivity index (χ3n) is 4.88. The average Bonchev–Trinajstić information content (AvgIpc) is 3.22. The number of amides is 1. The summed E-state index contributed by atoms with van der Waals surface area (Å²) in [5.41, 5.74) is 1.53. The average molecular weight is 403 g/mol. The molecule has 0 bridgehead atoms. The van der Waals surface area contributed by atoms with Crippen molar-refractivity contribution in [3.63, 3.8) is 0 Å². The standard InChI is InChI=1S/C21H26N2O4S/c1-2-20(16-7-4-3-5-8-16)21(24)23-17-10-12-19(13-11-17)28(25,26)22-15-18-9-6-14-27-18/h3-5,7-8,10-13,18,20,22H,2,6,9,14-15H2,1H3,(H,23,24)/t18-,20+/m1/s1. The molecule has 2 N–H and O–H groups in total. The Morgan fingerprint density at radius 1 is 1.14 bits per heavy atom. The summed E-state index contributed by atoms with van der Waals surface area (Å²) in [5, 5.41) is 2.87. The van der Waals surface area contributed by atoms with Crippen molar-refractivity contribution in [3.8, 4) is 0 Å². The van der Waals surface area contributed by atoms with Crippen molar-refractivity contribution in [1.29, 1.82) is 0 Å². The predicted octanol–water partition coefficient (Wildman–Crippen LogP) is 3.28. The lowest BCUT2D eigenvalue weighted by Gasteiger charge is -2.16. The normalized spacial score (nSPS) is 18.0. The van der Waals surface area contributed by atoms with Crippen LogP contribution in [-0.2, 0) is 19.6 Å². The molecule has 0 aliphatic carbocycles. The third-order valence-corrected chi connectivity index (χ3v) is 6.32. The van der Waals surface area contributed by atoms with E-state index >= 15 is 0 Å². The van der Waals surface area contributed by atoms with Crippen molar-refractivity contribution >= 4 is 21.6 Å². The molecule has 0 aromatic heterocycles. The number of hydrogen-bond acceptors (Lipinski definition) is 4. The molecule has 6 nitrogen and oxygen atoms in total. The SMILES string of the molecule is CC[C@H](C(=O)Nc1ccc(S(=O)(=O)NC[C@H]2CCCO2)cc1)c1ccccc1. The molecule has 0 saturated carbocycles. The van der Waals surface area contributed by atoms with Gasteiger partial charge >= 0.3 is 0 Å². The first-order valence-corrected chi connectivity index (χ1v) is 11.0. The first kappa shape index (κ1) is 20.5. The molecule has 1 aliphatic rings. The molecule has 0 radical (unpaired) electrons. The van der Waals surface area contributed by atoms with Gasteiger partial charge < -0.3 is 10.1 Å². The summed E-state index contributed by atoms with van der Waals surface area (Å²) in [6, 6.07) is 15.8. The highest BCUT2D eigenvalue weighted by Crippen LogP contribution is 2.22. The fourth-order valence-corrected chi connectivity index (χ4v) is 4.36. The maximum Gasteiger partial charge on any atom is 0.240 e. The fraction of sp³-hybridized carbons (Fsp3) is 0.381. The summed E-state index contributed by atoms with van der Waals surface area (Å²) in [4.78, 5) is 12.8. The largest absolute Gasteiger partial charge is 0.377 e. The number of nitrogens with one attached hydrogen (secondary N) is 2. The van der Waals surface area contributed by atoms with E-state index in [1.165, 1.54) is 12.1 Å². The highest BCUT2D eigenvalue weighted by atomic mass is 32.2. The van der Waals surface area contributed by atoms with Gasteiger partial charge in [0.25, 0.3) is 0 Å². The van der Waals surface area contributed by atoms with Gasteiger partial charge in [0.15, 0.2) is 0 Å². The molecule has 28 heavy (non-hydrogen) atoms. The summed E-state index contributed by atoms with van der Waals surface area (Å²) < 4.78 is 32.8. The lowest BCUT2D eigenvalue weighted by molar-refractivity contribution is -0.117. The van der Waals surface area contributed by atoms with Crippen LogP contribution in [0.4, 0.5) is 5.69 Å². The number of benzene rings is 2. The topological polar surface area (TPSA) is 84.5 Å². The third kappa shape index (κ3) is 5.19. The van der Waals surface area contributed by atoms with Gasteiger partial charge in [0.2, 0.25) is 15.9 Å². The van der Waals surface area contributed by atoms with Gasteiger partial charge in [-0.3, -0.25) is 4.79 Å². The van der Waals surface area contributed by atoms with Gasteiger partial charge in [-0.15, -0.1) is 0 Å². The molecule has 1 aliphatic heterocycles. The van der Waals surface area contributed by atoms with Crippen molar-refractivity contribution in [2.45, 2.75) is 43.1 Å². The second-order valence-electron chi connectivity index (χ2n) is 6.87. The van der Waals surface area contributed by atoms with Crippen LogP contribution in [0.1, 0.15) is 37.7 Å². The minimum absolute atomic E-state index is 0.0581. The van der Waals surface area contributed by atoms with E-state index in [2.05, 4.69) is 10.0 Å². The van der Waals surface area contributed by atoms with Crippen LogP contribution in [0.5, 0.6) is 0 Å². The molecular weight excluding hydrogens is 376 g/mol. The van der Waals surface area contributed by atoms with E-state index in [0.717, 1.165) is 18.4 Å². The van der Waals surface area contributed by atoms with E-state index < -0.39 is 10.0 Å². The second-order valence-corrected chi connectivity index (χ2v) is 8.64. The lowest BCUT2D eigenvalue weighted by Crippen LogP contribution is -2.31. The monoisotopic (exact) mass is 402 g/mol. The van der Waals surface area contributed by atoms with E-state index in [1.807, 2.05) is 37.3 Å². The van der Waals surface area contributed by atoms with Crippen molar-refractivity contribution in [2.24, 2.45) is 0 Å². The fourth-order valence-electron chi connectivity index (χ4n) is 3.30. The minimum atomic E-state index is -3.60. The van der Waals surface area contributed by atoms with E-state index in [4.69, 9.17) is 4.74 Å². The summed E-state index contributed by atoms with van der Waals surface area (Å²) in [6.07, 6.45) is 2.45. The van der Waals surface area contributed by atoms with Crippen LogP contribution in [0.2, 0.25) is 0 Å². The highest BCUT2D eigenvalue weighted by Gasteiger charge is 2.21. The molecule has 1 heterocycles. The first-order valence-electron chi connectivity index (χ1n) is 9.56. The Balaban J connectivity index is 1.62. The van der Waals surface area contributed by atoms with Gasteiger partial charge in [0.1, 0.15) is 0 Å². The molecule has 1 saturated heterocycles. The van der Waals surface area contributed by atoms with Crippen LogP contribution in [0.3, 0.4) is 0 Å². The van der Waals surface area contributed by atoms with Crippen molar-refractivity contribution in [1.82, 2.24) is 4.72 Å². The zero-order valence-electron chi connectivity index (χ0n) is 15.9. The van der Waals surface area contributed by atoms with Gasteiger partial charge in [0.05, 0.1) is 16.9 Å². The van der Waals surface area contributed by atoms with Crippen LogP contribution in [-0.4, -0.2) is 33.6 Å². The molecule has 7 heteroatoms. The van der Waals surface area contributed by atoms with Crippen LogP contribution in [0.25, 0.3) is 0 Å². The van der Waals surface area contributed by atoms with Crippen molar-refractivity contribution < 1.29 is 17.9 Å². The van der Waals surface area contributed by atoms with Gasteiger partial charge in [-0.2, -0.15) is 0 Å². The van der Waals surface area contributed by atoms with Crippen LogP contribution in [0, 0.1) is 0 Å². The number of rotatable bonds is 8. The summed E-state index contributed by atoms with van der Waals surface area (Å²) in [6.45, 7) is 2.92. The second kappa shape index (κ2) is 9.32. The zero-order chi connectivity index (χ0) is 20.0. The lowest BCUT2D eigenvalue weighted by atomic mass is 9.95. The molecule has 0 spiro atoms. The van der Waals surface area contributed by atoms with E-state index in [9.17, 15) is 13.2 Å². The molecule has 150 valence electrons. The number of carbonyl (C=O) groups excluding carboxylic acids is 1. The Hall–Kier alpha value is -2.22. The van der Waals surface area contributed by atoms with E-state index in [0.29, 0.717) is 18.7 Å². The maximum absolute atomic E-state index is 12.6. The zero-order valence-corrected chi connectivity index (χ0v) is 16.7. The molecule has 1 fully saturated rings. The smallest absolute Gasteiger partial charge is 0.240 e. The number of anilines is 1. The number of hydrogen-bond donors (Lipinski definition) is 2. The Bertz CT molecular complexity index is 876. The Morgan fingerprint density at radius 3 is 2.46 bits per heavy atom. The van der Waals surface area contributed by atoms with Crippen LogP contribution >= 0.6 is 0 Å². The quantitative estimate of drug-likeness (QED) is 0.710. The van der Waals surface area contributed by atoms with Crippen LogP contribution in [0.15, 0.2) is 59.5 Å². The summed E-state index contributed by atoms with van der Waals surface area (Å²) >= 11 is 0. The Labute approximate surface area is 166 Å². The molecule has 2 aromatic carbocycles. The number of ether oxygens (including phenoxy) is 1. The van der Waals surface area contributed by atoms with Gasteiger partial charge in [0, 0.05) is 18.8 Å². The molecule has 2 atom stereocenters. The van der Waals surface area contributed by atoms with E-state index in [1.54, 1.807) is 12.1 Å².